The van der Waals surface area contributed by atoms with Crippen LogP contribution in [-0.4, -0.2) is 36.6 Å². The predicted molar refractivity (Wildman–Crippen MR) is 66.3 cm³/mol. The van der Waals surface area contributed by atoms with Gasteiger partial charge in [0.2, 0.25) is 0 Å². The molecule has 0 heterocycles. The summed E-state index contributed by atoms with van der Waals surface area (Å²) in [4.78, 5) is 0. The molecule has 0 amide bonds. The summed E-state index contributed by atoms with van der Waals surface area (Å²) in [6.45, 7) is 0. The monoisotopic (exact) mass is 368 g/mol. The molecule has 130 valence electrons. The van der Waals surface area contributed by atoms with Crippen molar-refractivity contribution in [2.45, 2.75) is 18.1 Å². The molecule has 0 aliphatic heterocycles. The number of ether oxygens (including phenoxy) is 1. The van der Waals surface area contributed by atoms with E-state index in [1.165, 1.54) is 0 Å². The van der Waals surface area contributed by atoms with Gasteiger partial charge in [-0.15, -0.1) is 0 Å². The minimum atomic E-state index is -6.47. The number of halogens is 8. The summed E-state index contributed by atoms with van der Waals surface area (Å²) in [5.74, 6) is -7.00. The summed E-state index contributed by atoms with van der Waals surface area (Å²) in [5.41, 5.74) is 0.337. The molecule has 0 atom stereocenters. The Morgan fingerprint density at radius 3 is 2.22 bits per heavy atom. The van der Waals surface area contributed by atoms with Crippen molar-refractivity contribution in [1.29, 1.82) is 0 Å². The summed E-state index contributed by atoms with van der Waals surface area (Å²) in [6.07, 6.45) is -5.97. The van der Waals surface area contributed by atoms with Crippen LogP contribution in [0.1, 0.15) is 5.56 Å². The van der Waals surface area contributed by atoms with Gasteiger partial charge < -0.3 is 9.84 Å². The number of benzene rings is 1. The third-order valence-electron chi connectivity index (χ3n) is 2.44. The molecule has 4 nitrogen and oxygen atoms in total. The van der Waals surface area contributed by atoms with Crippen molar-refractivity contribution in [2.75, 3.05) is 7.11 Å². The van der Waals surface area contributed by atoms with Gasteiger partial charge in [0.15, 0.2) is 11.5 Å². The van der Waals surface area contributed by atoms with Crippen molar-refractivity contribution in [3.63, 3.8) is 0 Å². The second kappa shape index (κ2) is 6.30. The average molecular weight is 369 g/mol. The molecular formula is C11H8ClF7N2O2. The Morgan fingerprint density at radius 2 is 1.74 bits per heavy atom. The van der Waals surface area contributed by atoms with E-state index >= 15 is 0 Å². The second-order valence-corrected chi connectivity index (χ2v) is 4.48. The molecule has 1 aromatic rings. The van der Waals surface area contributed by atoms with Gasteiger partial charge in [-0.2, -0.15) is 35.8 Å². The van der Waals surface area contributed by atoms with Crippen LogP contribution in [0.4, 0.5) is 30.7 Å². The van der Waals surface area contributed by atoms with Crippen molar-refractivity contribution in [3.8, 4) is 11.5 Å². The van der Waals surface area contributed by atoms with Crippen LogP contribution in [0, 0.1) is 0 Å². The van der Waals surface area contributed by atoms with Gasteiger partial charge >= 0.3 is 18.1 Å². The summed E-state index contributed by atoms with van der Waals surface area (Å²) >= 11 is 5.57. The van der Waals surface area contributed by atoms with Crippen LogP contribution in [0.15, 0.2) is 17.2 Å². The molecule has 0 fully saturated rings. The first-order valence-corrected chi connectivity index (χ1v) is 5.90. The number of rotatable bonds is 5. The third kappa shape index (κ3) is 3.89. The molecule has 2 N–H and O–H groups in total. The number of methoxy groups -OCH3 is 1. The Hall–Kier alpha value is -1.91. The zero-order valence-electron chi connectivity index (χ0n) is 11.1. The van der Waals surface area contributed by atoms with E-state index in [4.69, 9.17) is 11.6 Å². The Labute approximate surface area is 129 Å². The van der Waals surface area contributed by atoms with E-state index in [-0.39, 0.29) is 16.3 Å². The summed E-state index contributed by atoms with van der Waals surface area (Å²) in [6, 6.07) is -3.65. The lowest BCUT2D eigenvalue weighted by atomic mass is 10.2. The van der Waals surface area contributed by atoms with Crippen LogP contribution < -0.4 is 10.2 Å². The first kappa shape index (κ1) is 19.1. The van der Waals surface area contributed by atoms with Gasteiger partial charge in [-0.3, -0.25) is 0 Å². The zero-order valence-corrected chi connectivity index (χ0v) is 11.8. The molecule has 0 aliphatic carbocycles. The lowest BCUT2D eigenvalue weighted by Crippen LogP contribution is -2.58. The highest BCUT2D eigenvalue weighted by atomic mass is 35.5. The zero-order chi connectivity index (χ0) is 18.1. The van der Waals surface area contributed by atoms with E-state index in [0.717, 1.165) is 19.2 Å². The van der Waals surface area contributed by atoms with E-state index in [2.05, 4.69) is 9.84 Å². The molecule has 1 aromatic carbocycles. The minimum Gasteiger partial charge on any atom is -0.503 e. The number of aromatic hydroxyl groups is 1. The molecule has 0 spiro atoms. The van der Waals surface area contributed by atoms with Gasteiger partial charge in [-0.1, -0.05) is 11.6 Å². The van der Waals surface area contributed by atoms with Crippen molar-refractivity contribution < 1.29 is 40.6 Å². The molecule has 0 aliphatic rings. The van der Waals surface area contributed by atoms with E-state index in [1.54, 1.807) is 0 Å². The maximum absolute atomic E-state index is 12.9. The SMILES string of the molecule is COc1cc(/C=N/NC(F)(F)C(F)(F)C(F)(F)F)cc(Cl)c1O. The Balaban J connectivity index is 2.98. The molecule has 0 saturated carbocycles. The number of hydrogen-bond donors (Lipinski definition) is 2. The van der Waals surface area contributed by atoms with Crippen molar-refractivity contribution in [2.24, 2.45) is 5.10 Å². The highest BCUT2D eigenvalue weighted by molar-refractivity contribution is 6.32. The number of nitrogens with zero attached hydrogens (tertiary/aromatic N) is 1. The van der Waals surface area contributed by atoms with E-state index in [9.17, 15) is 35.8 Å². The number of nitrogens with one attached hydrogen (secondary N) is 1. The lowest BCUT2D eigenvalue weighted by Gasteiger charge is -2.27. The Bertz CT molecular complexity index is 605. The largest absolute Gasteiger partial charge is 0.503 e. The van der Waals surface area contributed by atoms with Gasteiger partial charge in [-0.05, 0) is 17.7 Å². The highest BCUT2D eigenvalue weighted by Gasteiger charge is 2.73. The molecule has 0 saturated heterocycles. The van der Waals surface area contributed by atoms with E-state index in [1.807, 2.05) is 0 Å². The van der Waals surface area contributed by atoms with Gasteiger partial charge in [0, 0.05) is 0 Å². The van der Waals surface area contributed by atoms with Crippen LogP contribution in [0.3, 0.4) is 0 Å². The second-order valence-electron chi connectivity index (χ2n) is 4.07. The van der Waals surface area contributed by atoms with Crippen LogP contribution in [0.25, 0.3) is 0 Å². The van der Waals surface area contributed by atoms with Crippen LogP contribution in [0.2, 0.25) is 5.02 Å². The van der Waals surface area contributed by atoms with Crippen molar-refractivity contribution >= 4 is 17.8 Å². The quantitative estimate of drug-likeness (QED) is 0.360. The lowest BCUT2D eigenvalue weighted by molar-refractivity contribution is -0.361. The molecule has 0 aromatic heterocycles. The van der Waals surface area contributed by atoms with Crippen molar-refractivity contribution in [1.82, 2.24) is 5.43 Å². The number of hydrazone groups is 1. The minimum absolute atomic E-state index is 0.108. The van der Waals surface area contributed by atoms with E-state index in [0.29, 0.717) is 11.6 Å². The fourth-order valence-electron chi connectivity index (χ4n) is 1.26. The normalized spacial score (nSPS) is 13.4. The molecule has 0 radical (unpaired) electrons. The number of phenolic OH excluding ortho intramolecular Hbond substituents is 1. The van der Waals surface area contributed by atoms with Crippen LogP contribution in [-0.2, 0) is 0 Å². The van der Waals surface area contributed by atoms with Crippen LogP contribution in [0.5, 0.6) is 11.5 Å². The third-order valence-corrected chi connectivity index (χ3v) is 2.73. The highest BCUT2D eigenvalue weighted by Crippen LogP contribution is 2.45. The van der Waals surface area contributed by atoms with Gasteiger partial charge in [0.1, 0.15) is 0 Å². The van der Waals surface area contributed by atoms with Crippen LogP contribution >= 0.6 is 11.6 Å². The van der Waals surface area contributed by atoms with E-state index < -0.39 is 23.9 Å². The fraction of sp³-hybridized carbons (Fsp3) is 0.364. The van der Waals surface area contributed by atoms with Crippen molar-refractivity contribution in [3.05, 3.63) is 22.7 Å². The summed E-state index contributed by atoms with van der Waals surface area (Å²) in [5, 5.41) is 11.8. The first-order chi connectivity index (χ1) is 10.3. The Morgan fingerprint density at radius 1 is 1.17 bits per heavy atom. The molecule has 23 heavy (non-hydrogen) atoms. The number of hydrogen-bond acceptors (Lipinski definition) is 4. The topological polar surface area (TPSA) is 53.8 Å². The maximum atomic E-state index is 12.9. The molecule has 12 heteroatoms. The molecule has 1 rings (SSSR count). The smallest absolute Gasteiger partial charge is 0.462 e. The number of alkyl halides is 7. The van der Waals surface area contributed by atoms with Gasteiger partial charge in [0.05, 0.1) is 18.3 Å². The molecule has 0 unspecified atom stereocenters. The average Bonchev–Trinajstić information content (AvgIpc) is 2.40. The molecule has 0 bridgehead atoms. The maximum Gasteiger partial charge on any atom is 0.462 e. The standard InChI is InChI=1S/C11H8ClF7N2O2/c1-23-7-3-5(2-6(12)8(7)22)4-20-21-11(18,19)9(13,14)10(15,16)17/h2-4,21-22H,1H3/b20-4+. The summed E-state index contributed by atoms with van der Waals surface area (Å²) < 4.78 is 91.3. The molecular weight excluding hydrogens is 361 g/mol. The Kier molecular flexibility index (Phi) is 5.24. The first-order valence-electron chi connectivity index (χ1n) is 5.52. The fourth-order valence-corrected chi connectivity index (χ4v) is 1.48. The van der Waals surface area contributed by atoms with Gasteiger partial charge in [0.25, 0.3) is 0 Å². The predicted octanol–water partition coefficient (Wildman–Crippen LogP) is 3.77. The number of phenols is 1. The summed E-state index contributed by atoms with van der Waals surface area (Å²) in [7, 11) is 1.14. The van der Waals surface area contributed by atoms with Gasteiger partial charge in [-0.25, -0.2) is 5.43 Å².